The van der Waals surface area contributed by atoms with E-state index in [1.807, 2.05) is 13.8 Å². The van der Waals surface area contributed by atoms with E-state index < -0.39 is 0 Å². The fraction of sp³-hybridized carbons (Fsp3) is 0.429. The van der Waals surface area contributed by atoms with Crippen LogP contribution >= 0.6 is 0 Å². The molecular formula is C14H21N3O2. The van der Waals surface area contributed by atoms with Gasteiger partial charge in [0.15, 0.2) is 0 Å². The predicted molar refractivity (Wildman–Crippen MR) is 77.3 cm³/mol. The van der Waals surface area contributed by atoms with Gasteiger partial charge in [0.25, 0.3) is 0 Å². The van der Waals surface area contributed by atoms with Crippen LogP contribution in [0.15, 0.2) is 24.3 Å². The van der Waals surface area contributed by atoms with Crippen LogP contribution in [-0.2, 0) is 4.79 Å². The lowest BCUT2D eigenvalue weighted by molar-refractivity contribution is -0.116. The van der Waals surface area contributed by atoms with Gasteiger partial charge in [-0.1, -0.05) is 19.4 Å². The Labute approximate surface area is 113 Å². The molecule has 104 valence electrons. The molecule has 0 unspecified atom stereocenters. The lowest BCUT2D eigenvalue weighted by atomic mass is 10.2. The Morgan fingerprint density at radius 2 is 1.79 bits per heavy atom. The summed E-state index contributed by atoms with van der Waals surface area (Å²) >= 11 is 0. The number of unbranched alkanes of at least 4 members (excludes halogenated alkanes) is 1. The van der Waals surface area contributed by atoms with Crippen LogP contribution in [0, 0.1) is 0 Å². The van der Waals surface area contributed by atoms with Crippen molar-refractivity contribution in [2.24, 2.45) is 0 Å². The van der Waals surface area contributed by atoms with Crippen LogP contribution in [-0.4, -0.2) is 18.5 Å². The molecule has 0 spiro atoms. The molecule has 3 N–H and O–H groups in total. The van der Waals surface area contributed by atoms with E-state index in [2.05, 4.69) is 16.0 Å². The Morgan fingerprint density at radius 1 is 1.11 bits per heavy atom. The monoisotopic (exact) mass is 263 g/mol. The summed E-state index contributed by atoms with van der Waals surface area (Å²) in [6.07, 6.45) is 2.39. The summed E-state index contributed by atoms with van der Waals surface area (Å²) in [5.74, 6) is -0.00277. The molecule has 1 rings (SSSR count). The first-order valence-corrected chi connectivity index (χ1v) is 6.60. The lowest BCUT2D eigenvalue weighted by Gasteiger charge is -2.09. The molecule has 1 aromatic rings. The van der Waals surface area contributed by atoms with Gasteiger partial charge < -0.3 is 16.0 Å². The molecule has 0 aliphatic carbocycles. The molecule has 0 heterocycles. The molecule has 0 bridgehead atoms. The largest absolute Gasteiger partial charge is 0.338 e. The summed E-state index contributed by atoms with van der Waals surface area (Å²) in [4.78, 5) is 23.0. The number of hydrogen-bond acceptors (Lipinski definition) is 2. The summed E-state index contributed by atoms with van der Waals surface area (Å²) in [6, 6.07) is 6.84. The van der Waals surface area contributed by atoms with Crippen LogP contribution < -0.4 is 16.0 Å². The third kappa shape index (κ3) is 5.90. The molecule has 0 radical (unpaired) electrons. The number of hydrogen-bond donors (Lipinski definition) is 3. The zero-order chi connectivity index (χ0) is 14.1. The highest BCUT2D eigenvalue weighted by atomic mass is 16.2. The second kappa shape index (κ2) is 8.13. The lowest BCUT2D eigenvalue weighted by Crippen LogP contribution is -2.28. The number of anilines is 2. The second-order valence-corrected chi connectivity index (χ2v) is 4.22. The molecular weight excluding hydrogens is 242 g/mol. The van der Waals surface area contributed by atoms with Crippen LogP contribution in [0.4, 0.5) is 16.2 Å². The van der Waals surface area contributed by atoms with Crippen molar-refractivity contribution in [2.45, 2.75) is 33.1 Å². The van der Waals surface area contributed by atoms with Gasteiger partial charge in [-0.2, -0.15) is 0 Å². The maximum Gasteiger partial charge on any atom is 0.319 e. The maximum atomic E-state index is 11.6. The second-order valence-electron chi connectivity index (χ2n) is 4.22. The number of carbonyl (C=O) groups is 2. The van der Waals surface area contributed by atoms with Gasteiger partial charge in [-0.15, -0.1) is 0 Å². The van der Waals surface area contributed by atoms with Crippen LogP contribution in [0.5, 0.6) is 0 Å². The van der Waals surface area contributed by atoms with E-state index in [0.717, 1.165) is 12.8 Å². The van der Waals surface area contributed by atoms with E-state index in [1.54, 1.807) is 24.3 Å². The first kappa shape index (κ1) is 15.0. The summed E-state index contributed by atoms with van der Waals surface area (Å²) in [6.45, 7) is 4.47. The summed E-state index contributed by atoms with van der Waals surface area (Å²) in [5, 5.41) is 8.15. The zero-order valence-corrected chi connectivity index (χ0v) is 11.5. The maximum absolute atomic E-state index is 11.6. The minimum atomic E-state index is -0.253. The fourth-order valence-electron chi connectivity index (χ4n) is 1.57. The van der Waals surface area contributed by atoms with Crippen LogP contribution in [0.2, 0.25) is 0 Å². The van der Waals surface area contributed by atoms with Gasteiger partial charge in [-0.25, -0.2) is 4.79 Å². The Bertz CT molecular complexity index is 432. The van der Waals surface area contributed by atoms with Crippen LogP contribution in [0.3, 0.4) is 0 Å². The Balaban J connectivity index is 2.56. The first-order valence-electron chi connectivity index (χ1n) is 6.60. The van der Waals surface area contributed by atoms with Crippen LogP contribution in [0.25, 0.3) is 0 Å². The number of carbonyl (C=O) groups excluding carboxylic acids is 2. The van der Waals surface area contributed by atoms with Crippen LogP contribution in [0.1, 0.15) is 33.1 Å². The Hall–Kier alpha value is -2.04. The van der Waals surface area contributed by atoms with Gasteiger partial charge >= 0.3 is 6.03 Å². The van der Waals surface area contributed by atoms with Gasteiger partial charge in [0.05, 0.1) is 0 Å². The van der Waals surface area contributed by atoms with Crippen molar-refractivity contribution >= 4 is 23.3 Å². The van der Waals surface area contributed by atoms with E-state index >= 15 is 0 Å². The van der Waals surface area contributed by atoms with Gasteiger partial charge in [0.2, 0.25) is 5.91 Å². The topological polar surface area (TPSA) is 70.2 Å². The number of nitrogens with one attached hydrogen (secondary N) is 3. The SMILES string of the molecule is CCCCC(=O)Nc1cccc(NC(=O)NCC)c1. The van der Waals surface area contributed by atoms with Crippen molar-refractivity contribution in [2.75, 3.05) is 17.2 Å². The molecule has 5 heteroatoms. The standard InChI is InChI=1S/C14H21N3O2/c1-3-5-9-13(18)16-11-7-6-8-12(10-11)17-14(19)15-4-2/h6-8,10H,3-5,9H2,1-2H3,(H,16,18)(H2,15,17,19). The number of rotatable bonds is 6. The van der Waals surface area contributed by atoms with Crippen molar-refractivity contribution in [1.29, 1.82) is 0 Å². The van der Waals surface area contributed by atoms with Gasteiger partial charge in [-0.3, -0.25) is 4.79 Å². The van der Waals surface area contributed by atoms with Gasteiger partial charge in [-0.05, 0) is 31.5 Å². The number of urea groups is 1. The van der Waals surface area contributed by atoms with E-state index in [-0.39, 0.29) is 11.9 Å². The minimum Gasteiger partial charge on any atom is -0.338 e. The zero-order valence-electron chi connectivity index (χ0n) is 11.5. The Kier molecular flexibility index (Phi) is 6.43. The molecule has 3 amide bonds. The number of benzene rings is 1. The average molecular weight is 263 g/mol. The molecule has 19 heavy (non-hydrogen) atoms. The molecule has 0 aliphatic heterocycles. The quantitative estimate of drug-likeness (QED) is 0.738. The third-order valence-corrected chi connectivity index (χ3v) is 2.50. The fourth-order valence-corrected chi connectivity index (χ4v) is 1.57. The predicted octanol–water partition coefficient (Wildman–Crippen LogP) is 2.96. The van der Waals surface area contributed by atoms with Gasteiger partial charge in [0.1, 0.15) is 0 Å². The summed E-state index contributed by atoms with van der Waals surface area (Å²) in [5.41, 5.74) is 1.34. The number of amides is 3. The van der Waals surface area contributed by atoms with Gasteiger partial charge in [0, 0.05) is 24.3 Å². The van der Waals surface area contributed by atoms with E-state index in [0.29, 0.717) is 24.3 Å². The molecule has 0 atom stereocenters. The normalized spacial score (nSPS) is 9.79. The molecule has 0 saturated carbocycles. The highest BCUT2D eigenvalue weighted by molar-refractivity contribution is 5.93. The highest BCUT2D eigenvalue weighted by Crippen LogP contribution is 2.15. The molecule has 0 fully saturated rings. The van der Waals surface area contributed by atoms with Crippen molar-refractivity contribution in [1.82, 2.24) is 5.32 Å². The smallest absolute Gasteiger partial charge is 0.319 e. The van der Waals surface area contributed by atoms with E-state index in [9.17, 15) is 9.59 Å². The summed E-state index contributed by atoms with van der Waals surface area (Å²) < 4.78 is 0. The van der Waals surface area contributed by atoms with E-state index in [4.69, 9.17) is 0 Å². The molecule has 0 aliphatic rings. The molecule has 1 aromatic carbocycles. The van der Waals surface area contributed by atoms with Crippen molar-refractivity contribution in [3.05, 3.63) is 24.3 Å². The van der Waals surface area contributed by atoms with Crippen molar-refractivity contribution in [3.8, 4) is 0 Å². The third-order valence-electron chi connectivity index (χ3n) is 2.50. The van der Waals surface area contributed by atoms with Crippen molar-refractivity contribution in [3.63, 3.8) is 0 Å². The highest BCUT2D eigenvalue weighted by Gasteiger charge is 2.04. The molecule has 0 saturated heterocycles. The average Bonchev–Trinajstić information content (AvgIpc) is 2.37. The molecule has 5 nitrogen and oxygen atoms in total. The first-order chi connectivity index (χ1) is 9.15. The summed E-state index contributed by atoms with van der Waals surface area (Å²) in [7, 11) is 0. The van der Waals surface area contributed by atoms with E-state index in [1.165, 1.54) is 0 Å². The molecule has 0 aromatic heterocycles. The van der Waals surface area contributed by atoms with Crippen molar-refractivity contribution < 1.29 is 9.59 Å². The minimum absolute atomic E-state index is 0.00277. The Morgan fingerprint density at radius 3 is 2.42 bits per heavy atom.